The van der Waals surface area contributed by atoms with E-state index in [2.05, 4.69) is 91.9 Å². The Labute approximate surface area is 158 Å². The lowest BCUT2D eigenvalue weighted by atomic mass is 10.1. The molecule has 0 spiro atoms. The van der Waals surface area contributed by atoms with Crippen LogP contribution in [0.4, 0.5) is 0 Å². The van der Waals surface area contributed by atoms with Gasteiger partial charge >= 0.3 is 0 Å². The zero-order valence-electron chi connectivity index (χ0n) is 15.2. The van der Waals surface area contributed by atoms with Gasteiger partial charge in [-0.3, -0.25) is 0 Å². The second-order valence-electron chi connectivity index (χ2n) is 5.82. The third-order valence-electron chi connectivity index (χ3n) is 3.66. The number of carboxylic acids is 1. The minimum Gasteiger partial charge on any atom is -0.550 e. The average molecular weight is 365 g/mol. The van der Waals surface area contributed by atoms with Crippen molar-refractivity contribution >= 4 is 16.9 Å². The summed E-state index contributed by atoms with van der Waals surface area (Å²) in [5.74, 6) is -1.08. The Kier molecular flexibility index (Phi) is 7.97. The molecule has 0 aliphatic rings. The van der Waals surface area contributed by atoms with Gasteiger partial charge in [-0.2, -0.15) is 0 Å². The quantitative estimate of drug-likeness (QED) is 0.626. The van der Waals surface area contributed by atoms with Crippen molar-refractivity contribution in [2.45, 2.75) is 41.4 Å². The van der Waals surface area contributed by atoms with Crippen molar-refractivity contribution in [1.82, 2.24) is 0 Å². The summed E-state index contributed by atoms with van der Waals surface area (Å²) in [6.07, 6.45) is 2.35. The van der Waals surface area contributed by atoms with Crippen molar-refractivity contribution in [3.05, 3.63) is 90.5 Å². The number of benzene rings is 3. The van der Waals surface area contributed by atoms with Gasteiger partial charge in [-0.25, -0.2) is 0 Å². The third-order valence-corrected chi connectivity index (χ3v) is 5.89. The topological polar surface area (TPSA) is 40.1 Å². The second-order valence-corrected chi connectivity index (χ2v) is 7.84. The second kappa shape index (κ2) is 10.5. The SMILES string of the molecule is CC(=O)[O-].CCCc1ccc([S+](c2ccccc2)c2ccccc2)cc1. The first-order valence-corrected chi connectivity index (χ1v) is 9.95. The minimum absolute atomic E-state index is 0.0268. The Morgan fingerprint density at radius 3 is 1.54 bits per heavy atom. The number of carbonyl (C=O) groups is 1. The molecule has 2 nitrogen and oxygen atoms in total. The molecule has 3 aromatic carbocycles. The first kappa shape index (κ1) is 19.8. The van der Waals surface area contributed by atoms with Gasteiger partial charge in [-0.1, -0.05) is 61.9 Å². The zero-order valence-corrected chi connectivity index (χ0v) is 16.0. The van der Waals surface area contributed by atoms with Crippen molar-refractivity contribution < 1.29 is 9.90 Å². The molecule has 0 amide bonds. The third kappa shape index (κ3) is 6.08. The predicted octanol–water partition coefficient (Wildman–Crippen LogP) is 4.49. The highest BCUT2D eigenvalue weighted by Gasteiger charge is 2.27. The molecule has 0 N–H and O–H groups in total. The van der Waals surface area contributed by atoms with Crippen LogP contribution in [0, 0.1) is 0 Å². The first-order chi connectivity index (χ1) is 12.6. The van der Waals surface area contributed by atoms with Crippen LogP contribution in [0.1, 0.15) is 25.8 Å². The number of carboxylic acid groups (broad SMARTS) is 1. The van der Waals surface area contributed by atoms with E-state index in [0.717, 1.165) is 13.3 Å². The first-order valence-electron chi connectivity index (χ1n) is 8.72. The van der Waals surface area contributed by atoms with Crippen LogP contribution < -0.4 is 5.11 Å². The van der Waals surface area contributed by atoms with Gasteiger partial charge in [0.25, 0.3) is 0 Å². The summed E-state index contributed by atoms with van der Waals surface area (Å²) in [5.41, 5.74) is 1.43. The molecule has 0 radical (unpaired) electrons. The number of rotatable bonds is 5. The number of aryl methyl sites for hydroxylation is 1. The van der Waals surface area contributed by atoms with Crippen LogP contribution in [0.2, 0.25) is 0 Å². The predicted molar refractivity (Wildman–Crippen MR) is 106 cm³/mol. The van der Waals surface area contributed by atoms with Crippen molar-refractivity contribution in [3.63, 3.8) is 0 Å². The molecule has 3 aromatic rings. The van der Waals surface area contributed by atoms with Gasteiger partial charge in [-0.05, 0) is 55.3 Å². The smallest absolute Gasteiger partial charge is 0.166 e. The molecule has 0 saturated carbocycles. The zero-order chi connectivity index (χ0) is 18.8. The number of hydrogen-bond acceptors (Lipinski definition) is 2. The summed E-state index contributed by atoms with van der Waals surface area (Å²) < 4.78 is 0. The van der Waals surface area contributed by atoms with Crippen LogP contribution in [0.3, 0.4) is 0 Å². The molecule has 0 saturated heterocycles. The van der Waals surface area contributed by atoms with Crippen molar-refractivity contribution in [3.8, 4) is 0 Å². The van der Waals surface area contributed by atoms with Crippen LogP contribution in [-0.2, 0) is 22.1 Å². The Morgan fingerprint density at radius 1 is 0.769 bits per heavy atom. The highest BCUT2D eigenvalue weighted by molar-refractivity contribution is 7.97. The molecule has 0 unspecified atom stereocenters. The van der Waals surface area contributed by atoms with Gasteiger partial charge in [-0.15, -0.1) is 0 Å². The number of hydrogen-bond donors (Lipinski definition) is 0. The average Bonchev–Trinajstić information content (AvgIpc) is 2.65. The van der Waals surface area contributed by atoms with E-state index in [-0.39, 0.29) is 10.9 Å². The van der Waals surface area contributed by atoms with Crippen LogP contribution in [0.15, 0.2) is 99.6 Å². The molecular formula is C23H24O2S. The maximum Gasteiger partial charge on any atom is 0.166 e. The van der Waals surface area contributed by atoms with Gasteiger partial charge in [0.2, 0.25) is 0 Å². The molecule has 134 valence electrons. The number of aliphatic carboxylic acids is 1. The fraction of sp³-hybridized carbons (Fsp3) is 0.174. The minimum atomic E-state index is -1.08. The van der Waals surface area contributed by atoms with E-state index in [4.69, 9.17) is 9.90 Å². The molecule has 0 heterocycles. The highest BCUT2D eigenvalue weighted by Crippen LogP contribution is 2.31. The Hall–Kier alpha value is -2.52. The monoisotopic (exact) mass is 364 g/mol. The molecule has 3 heteroatoms. The van der Waals surface area contributed by atoms with E-state index in [1.54, 1.807) is 0 Å². The molecule has 0 aliphatic carbocycles. The molecular weight excluding hydrogens is 340 g/mol. The molecule has 0 fully saturated rings. The lowest BCUT2D eigenvalue weighted by molar-refractivity contribution is -0.302. The van der Waals surface area contributed by atoms with Crippen LogP contribution in [0.5, 0.6) is 0 Å². The van der Waals surface area contributed by atoms with E-state index in [9.17, 15) is 0 Å². The van der Waals surface area contributed by atoms with E-state index in [1.807, 2.05) is 0 Å². The van der Waals surface area contributed by atoms with Gasteiger partial charge in [0.1, 0.15) is 0 Å². The van der Waals surface area contributed by atoms with Gasteiger partial charge < -0.3 is 9.90 Å². The molecule has 3 rings (SSSR count). The van der Waals surface area contributed by atoms with E-state index in [0.29, 0.717) is 0 Å². The standard InChI is InChI=1S/C21H21S.C2H4O2/c1-2-9-18-14-16-21(17-15-18)22(19-10-5-3-6-11-19)20-12-7-4-8-13-20;1-2(3)4/h3-8,10-17H,2,9H2,1H3;1H3,(H,3,4)/q+1;/p-1. The van der Waals surface area contributed by atoms with Gasteiger partial charge in [0.05, 0.1) is 10.9 Å². The van der Waals surface area contributed by atoms with E-state index >= 15 is 0 Å². The van der Waals surface area contributed by atoms with Crippen LogP contribution >= 0.6 is 0 Å². The fourth-order valence-corrected chi connectivity index (χ4v) is 4.69. The van der Waals surface area contributed by atoms with Crippen molar-refractivity contribution in [2.75, 3.05) is 0 Å². The Morgan fingerprint density at radius 2 is 1.15 bits per heavy atom. The molecule has 0 bridgehead atoms. The maximum absolute atomic E-state index is 8.89. The van der Waals surface area contributed by atoms with Gasteiger partial charge in [0.15, 0.2) is 14.7 Å². The van der Waals surface area contributed by atoms with Gasteiger partial charge in [0, 0.05) is 5.97 Å². The van der Waals surface area contributed by atoms with Crippen molar-refractivity contribution in [2.24, 2.45) is 0 Å². The molecule has 0 aliphatic heterocycles. The normalized spacial score (nSPS) is 10.1. The van der Waals surface area contributed by atoms with Crippen LogP contribution in [0.25, 0.3) is 0 Å². The summed E-state index contributed by atoms with van der Waals surface area (Å²) in [5, 5.41) is 8.89. The maximum atomic E-state index is 8.89. The summed E-state index contributed by atoms with van der Waals surface area (Å²) in [6.45, 7) is 3.20. The summed E-state index contributed by atoms with van der Waals surface area (Å²) >= 11 is 0. The van der Waals surface area contributed by atoms with E-state index < -0.39 is 5.97 Å². The molecule has 0 aromatic heterocycles. The number of carbonyl (C=O) groups excluding carboxylic acids is 1. The summed E-state index contributed by atoms with van der Waals surface area (Å²) in [7, 11) is -0.0268. The molecule has 26 heavy (non-hydrogen) atoms. The lowest BCUT2D eigenvalue weighted by Gasteiger charge is -2.08. The lowest BCUT2D eigenvalue weighted by Crippen LogP contribution is -2.16. The largest absolute Gasteiger partial charge is 0.550 e. The highest BCUT2D eigenvalue weighted by atomic mass is 32.2. The molecule has 0 atom stereocenters. The van der Waals surface area contributed by atoms with E-state index in [1.165, 1.54) is 26.7 Å². The summed E-state index contributed by atoms with van der Waals surface area (Å²) in [6, 6.07) is 30.8. The Bertz CT molecular complexity index is 740. The van der Waals surface area contributed by atoms with Crippen LogP contribution in [-0.4, -0.2) is 5.97 Å². The Balaban J connectivity index is 0.000000552. The fourth-order valence-electron chi connectivity index (χ4n) is 2.60. The summed E-state index contributed by atoms with van der Waals surface area (Å²) in [4.78, 5) is 13.0. The van der Waals surface area contributed by atoms with Crippen molar-refractivity contribution in [1.29, 1.82) is 0 Å².